The first kappa shape index (κ1) is 12.0. The monoisotopic (exact) mass is 200 g/mol. The fourth-order valence-corrected chi connectivity index (χ4v) is 2.31. The van der Waals surface area contributed by atoms with Crippen LogP contribution in [0, 0.1) is 11.8 Å². The summed E-state index contributed by atoms with van der Waals surface area (Å²) >= 11 is 0. The van der Waals surface area contributed by atoms with Gasteiger partial charge in [-0.25, -0.2) is 0 Å². The summed E-state index contributed by atoms with van der Waals surface area (Å²) in [7, 11) is 0. The van der Waals surface area contributed by atoms with E-state index in [1.165, 1.54) is 0 Å². The Morgan fingerprint density at radius 2 is 2.00 bits per heavy atom. The van der Waals surface area contributed by atoms with Crippen molar-refractivity contribution in [3.63, 3.8) is 0 Å². The topological polar surface area (TPSA) is 29.5 Å². The van der Waals surface area contributed by atoms with Gasteiger partial charge < -0.3 is 9.84 Å². The molecule has 2 nitrogen and oxygen atoms in total. The largest absolute Gasteiger partial charge is 0.390 e. The van der Waals surface area contributed by atoms with E-state index in [0.717, 1.165) is 19.3 Å². The lowest BCUT2D eigenvalue weighted by Gasteiger charge is -2.39. The first-order valence-electron chi connectivity index (χ1n) is 5.77. The van der Waals surface area contributed by atoms with Gasteiger partial charge in [-0.05, 0) is 24.7 Å². The highest BCUT2D eigenvalue weighted by molar-refractivity contribution is 4.87. The second-order valence-corrected chi connectivity index (χ2v) is 5.43. The van der Waals surface area contributed by atoms with Crippen LogP contribution in [0.3, 0.4) is 0 Å². The third-order valence-electron chi connectivity index (χ3n) is 3.01. The van der Waals surface area contributed by atoms with Gasteiger partial charge in [0.05, 0.1) is 11.7 Å². The molecule has 1 aliphatic heterocycles. The molecule has 84 valence electrons. The van der Waals surface area contributed by atoms with Gasteiger partial charge in [0.1, 0.15) is 0 Å². The Kier molecular flexibility index (Phi) is 3.96. The van der Waals surface area contributed by atoms with Gasteiger partial charge in [0.2, 0.25) is 0 Å². The molecule has 14 heavy (non-hydrogen) atoms. The van der Waals surface area contributed by atoms with Gasteiger partial charge in [0.25, 0.3) is 0 Å². The molecule has 0 amide bonds. The van der Waals surface area contributed by atoms with Gasteiger partial charge in [-0.1, -0.05) is 27.7 Å². The second-order valence-electron chi connectivity index (χ2n) is 5.43. The summed E-state index contributed by atoms with van der Waals surface area (Å²) in [5, 5.41) is 10.4. The molecule has 0 spiro atoms. The van der Waals surface area contributed by atoms with Crippen LogP contribution in [0.2, 0.25) is 0 Å². The van der Waals surface area contributed by atoms with Gasteiger partial charge in [0.15, 0.2) is 0 Å². The molecule has 1 saturated heterocycles. The highest BCUT2D eigenvalue weighted by Crippen LogP contribution is 2.33. The third-order valence-corrected chi connectivity index (χ3v) is 3.01. The molecular weight excluding hydrogens is 176 g/mol. The zero-order valence-electron chi connectivity index (χ0n) is 9.92. The zero-order chi connectivity index (χ0) is 10.8. The van der Waals surface area contributed by atoms with Gasteiger partial charge in [-0.2, -0.15) is 0 Å². The molecule has 0 radical (unpaired) electrons. The summed E-state index contributed by atoms with van der Waals surface area (Å²) in [5.74, 6) is 1.07. The van der Waals surface area contributed by atoms with Crippen LogP contribution in [0.25, 0.3) is 0 Å². The van der Waals surface area contributed by atoms with Crippen molar-refractivity contribution in [3.05, 3.63) is 0 Å². The maximum atomic E-state index is 10.4. The lowest BCUT2D eigenvalue weighted by Crippen LogP contribution is -2.43. The van der Waals surface area contributed by atoms with Gasteiger partial charge in [-0.15, -0.1) is 0 Å². The predicted octanol–water partition coefficient (Wildman–Crippen LogP) is 2.60. The molecule has 1 N–H and O–H groups in total. The number of ether oxygens (including phenoxy) is 1. The minimum absolute atomic E-state index is 0.243. The van der Waals surface area contributed by atoms with E-state index in [-0.39, 0.29) is 6.10 Å². The van der Waals surface area contributed by atoms with Crippen molar-refractivity contribution in [2.45, 2.75) is 58.7 Å². The van der Waals surface area contributed by atoms with E-state index in [9.17, 15) is 5.11 Å². The standard InChI is InChI=1S/C12H24O2/c1-9(2)7-12(13)5-6-14-11(8-12)10(3)4/h9-11,13H,5-8H2,1-4H3. The highest BCUT2D eigenvalue weighted by atomic mass is 16.5. The Morgan fingerprint density at radius 1 is 1.36 bits per heavy atom. The molecule has 0 aromatic heterocycles. The molecule has 2 heteroatoms. The number of aliphatic hydroxyl groups is 1. The van der Waals surface area contributed by atoms with Crippen LogP contribution in [-0.4, -0.2) is 23.4 Å². The van der Waals surface area contributed by atoms with Crippen molar-refractivity contribution in [2.24, 2.45) is 11.8 Å². The minimum atomic E-state index is -0.471. The fraction of sp³-hybridized carbons (Fsp3) is 1.00. The Balaban J connectivity index is 2.53. The van der Waals surface area contributed by atoms with E-state index in [0.29, 0.717) is 18.4 Å². The van der Waals surface area contributed by atoms with Crippen LogP contribution < -0.4 is 0 Å². The van der Waals surface area contributed by atoms with E-state index in [1.54, 1.807) is 0 Å². The SMILES string of the molecule is CC(C)CC1(O)CCOC(C(C)C)C1. The molecule has 1 fully saturated rings. The molecule has 0 saturated carbocycles. The normalized spacial score (nSPS) is 34.1. The number of rotatable bonds is 3. The lowest BCUT2D eigenvalue weighted by molar-refractivity contribution is -0.124. The van der Waals surface area contributed by atoms with E-state index in [4.69, 9.17) is 4.74 Å². The molecule has 1 heterocycles. The zero-order valence-corrected chi connectivity index (χ0v) is 9.92. The van der Waals surface area contributed by atoms with Crippen molar-refractivity contribution in [2.75, 3.05) is 6.61 Å². The molecule has 2 unspecified atom stereocenters. The molecule has 1 aliphatic rings. The van der Waals surface area contributed by atoms with Crippen LogP contribution in [0.5, 0.6) is 0 Å². The Labute approximate surface area is 87.7 Å². The molecule has 0 aromatic rings. The molecule has 1 rings (SSSR count). The predicted molar refractivity (Wildman–Crippen MR) is 58.2 cm³/mol. The van der Waals surface area contributed by atoms with Crippen LogP contribution in [0.1, 0.15) is 47.0 Å². The Bertz CT molecular complexity index is 177. The summed E-state index contributed by atoms with van der Waals surface area (Å²) in [4.78, 5) is 0. The summed E-state index contributed by atoms with van der Waals surface area (Å²) < 4.78 is 5.66. The summed E-state index contributed by atoms with van der Waals surface area (Å²) in [5.41, 5.74) is -0.471. The van der Waals surface area contributed by atoms with E-state index >= 15 is 0 Å². The minimum Gasteiger partial charge on any atom is -0.390 e. The van der Waals surface area contributed by atoms with Gasteiger partial charge in [0, 0.05) is 13.0 Å². The highest BCUT2D eigenvalue weighted by Gasteiger charge is 2.36. The van der Waals surface area contributed by atoms with E-state index in [1.807, 2.05) is 0 Å². The lowest BCUT2D eigenvalue weighted by atomic mass is 9.81. The summed E-state index contributed by atoms with van der Waals surface area (Å²) in [6.07, 6.45) is 2.75. The van der Waals surface area contributed by atoms with Crippen molar-refractivity contribution in [1.29, 1.82) is 0 Å². The number of hydrogen-bond acceptors (Lipinski definition) is 2. The quantitative estimate of drug-likeness (QED) is 0.759. The van der Waals surface area contributed by atoms with Gasteiger partial charge in [-0.3, -0.25) is 0 Å². The molecule has 2 atom stereocenters. The van der Waals surface area contributed by atoms with Crippen molar-refractivity contribution < 1.29 is 9.84 Å². The average molecular weight is 200 g/mol. The van der Waals surface area contributed by atoms with Crippen LogP contribution in [0.4, 0.5) is 0 Å². The maximum absolute atomic E-state index is 10.4. The molecule has 0 bridgehead atoms. The average Bonchev–Trinajstić information content (AvgIpc) is 2.01. The smallest absolute Gasteiger partial charge is 0.0696 e. The number of hydrogen-bond donors (Lipinski definition) is 1. The van der Waals surface area contributed by atoms with Gasteiger partial charge >= 0.3 is 0 Å². The van der Waals surface area contributed by atoms with Crippen molar-refractivity contribution >= 4 is 0 Å². The van der Waals surface area contributed by atoms with Crippen LogP contribution in [-0.2, 0) is 4.74 Å². The van der Waals surface area contributed by atoms with E-state index in [2.05, 4.69) is 27.7 Å². The Morgan fingerprint density at radius 3 is 2.50 bits per heavy atom. The van der Waals surface area contributed by atoms with Crippen LogP contribution >= 0.6 is 0 Å². The van der Waals surface area contributed by atoms with Crippen LogP contribution in [0.15, 0.2) is 0 Å². The molecule has 0 aromatic carbocycles. The maximum Gasteiger partial charge on any atom is 0.0696 e. The summed E-state index contributed by atoms with van der Waals surface area (Å²) in [6, 6.07) is 0. The molecular formula is C12H24O2. The third kappa shape index (κ3) is 3.25. The first-order chi connectivity index (χ1) is 6.43. The first-order valence-corrected chi connectivity index (χ1v) is 5.77. The molecule has 0 aliphatic carbocycles. The Hall–Kier alpha value is -0.0800. The van der Waals surface area contributed by atoms with Crippen molar-refractivity contribution in [3.8, 4) is 0 Å². The van der Waals surface area contributed by atoms with Crippen molar-refractivity contribution in [1.82, 2.24) is 0 Å². The fourth-order valence-electron chi connectivity index (χ4n) is 2.31. The summed E-state index contributed by atoms with van der Waals surface area (Å²) in [6.45, 7) is 9.36. The second kappa shape index (κ2) is 4.63. The van der Waals surface area contributed by atoms with E-state index < -0.39 is 5.60 Å².